The molecule has 7 nitrogen and oxygen atoms in total. The summed E-state index contributed by atoms with van der Waals surface area (Å²) in [6.07, 6.45) is 2.18. The summed E-state index contributed by atoms with van der Waals surface area (Å²) < 4.78 is 20.1. The number of nitrogens with one attached hydrogen (secondary N) is 1. The first-order valence-electron chi connectivity index (χ1n) is 9.90. The summed E-state index contributed by atoms with van der Waals surface area (Å²) in [6.45, 7) is 4.85. The van der Waals surface area contributed by atoms with Crippen LogP contribution in [0.25, 0.3) is 0 Å². The van der Waals surface area contributed by atoms with Crippen LogP contribution in [0.5, 0.6) is 5.88 Å². The molecular formula is C22H24FN5O2. The number of hydrogen-bond donors (Lipinski definition) is 1. The number of hydrogen-bond acceptors (Lipinski definition) is 6. The van der Waals surface area contributed by atoms with Crippen LogP contribution in [0.2, 0.25) is 0 Å². The van der Waals surface area contributed by atoms with Crippen molar-refractivity contribution in [3.63, 3.8) is 0 Å². The van der Waals surface area contributed by atoms with Gasteiger partial charge in [-0.2, -0.15) is 0 Å². The Morgan fingerprint density at radius 3 is 2.83 bits per heavy atom. The van der Waals surface area contributed by atoms with Crippen LogP contribution < -0.4 is 15.6 Å². The number of aryl methyl sites for hydroxylation is 3. The number of pyridine rings is 2. The molecule has 0 aromatic carbocycles. The average molecular weight is 409 g/mol. The molecule has 0 amide bonds. The number of ether oxygens (including phenoxy) is 1. The van der Waals surface area contributed by atoms with Gasteiger partial charge in [-0.05, 0) is 44.0 Å². The van der Waals surface area contributed by atoms with E-state index < -0.39 is 0 Å². The van der Waals surface area contributed by atoms with E-state index in [1.54, 1.807) is 19.2 Å². The maximum atomic E-state index is 13.0. The highest BCUT2D eigenvalue weighted by molar-refractivity contribution is 5.44. The topological polar surface area (TPSA) is 81.9 Å². The van der Waals surface area contributed by atoms with E-state index in [1.165, 1.54) is 16.9 Å². The molecular weight excluding hydrogens is 385 g/mol. The third kappa shape index (κ3) is 4.48. The van der Waals surface area contributed by atoms with E-state index in [0.29, 0.717) is 30.6 Å². The fourth-order valence-corrected chi connectivity index (χ4v) is 3.46. The molecule has 1 fully saturated rings. The fraction of sp³-hybridized carbons (Fsp3) is 0.364. The Bertz CT molecular complexity index is 1110. The highest BCUT2D eigenvalue weighted by Gasteiger charge is 2.40. The van der Waals surface area contributed by atoms with Gasteiger partial charge in [0, 0.05) is 48.6 Å². The monoisotopic (exact) mass is 409 g/mol. The van der Waals surface area contributed by atoms with E-state index in [0.717, 1.165) is 29.1 Å². The molecule has 0 spiro atoms. The molecule has 1 aliphatic rings. The lowest BCUT2D eigenvalue weighted by atomic mass is 10.2. The van der Waals surface area contributed by atoms with Crippen molar-refractivity contribution in [1.82, 2.24) is 19.7 Å². The number of aromatic nitrogens is 4. The predicted octanol–water partition coefficient (Wildman–Crippen LogP) is 3.12. The van der Waals surface area contributed by atoms with Crippen LogP contribution in [-0.4, -0.2) is 26.4 Å². The summed E-state index contributed by atoms with van der Waals surface area (Å²) >= 11 is 0. The molecule has 0 bridgehead atoms. The van der Waals surface area contributed by atoms with E-state index in [2.05, 4.69) is 20.4 Å². The van der Waals surface area contributed by atoms with Gasteiger partial charge in [0.2, 0.25) is 5.88 Å². The Labute approximate surface area is 174 Å². The standard InChI is InChI=1S/C22H24FN5O2/c1-13-4-5-15(14(2)26-13)10-24-20-9-21(27-28(3)22(20)29)30-12-16-8-18(16)19-7-6-17(23)11-25-19/h4-7,9,11,16,18,24H,8,10,12H2,1-3H3. The summed E-state index contributed by atoms with van der Waals surface area (Å²) in [5.41, 5.74) is 3.99. The van der Waals surface area contributed by atoms with Crippen LogP contribution in [0, 0.1) is 25.6 Å². The van der Waals surface area contributed by atoms with E-state index in [1.807, 2.05) is 26.0 Å². The van der Waals surface area contributed by atoms with Crippen molar-refractivity contribution in [3.05, 3.63) is 75.3 Å². The van der Waals surface area contributed by atoms with Gasteiger partial charge in [0.15, 0.2) is 0 Å². The lowest BCUT2D eigenvalue weighted by Gasteiger charge is -2.12. The first kappa shape index (κ1) is 20.0. The maximum Gasteiger partial charge on any atom is 0.290 e. The zero-order chi connectivity index (χ0) is 21.3. The summed E-state index contributed by atoms with van der Waals surface area (Å²) in [5.74, 6) is 0.627. The number of anilines is 1. The van der Waals surface area contributed by atoms with Crippen LogP contribution in [0.3, 0.4) is 0 Å². The minimum Gasteiger partial charge on any atom is -0.476 e. The molecule has 1 aliphatic carbocycles. The smallest absolute Gasteiger partial charge is 0.290 e. The Morgan fingerprint density at radius 2 is 2.10 bits per heavy atom. The Morgan fingerprint density at radius 1 is 1.27 bits per heavy atom. The van der Waals surface area contributed by atoms with Crippen molar-refractivity contribution in [3.8, 4) is 5.88 Å². The third-order valence-electron chi connectivity index (χ3n) is 5.34. The number of rotatable bonds is 7. The SMILES string of the molecule is Cc1ccc(CNc2cc(OCC3CC3c3ccc(F)cn3)nn(C)c2=O)c(C)n1. The molecule has 1 N–H and O–H groups in total. The molecule has 0 saturated heterocycles. The second-order valence-corrected chi connectivity index (χ2v) is 7.69. The second-order valence-electron chi connectivity index (χ2n) is 7.69. The van der Waals surface area contributed by atoms with Crippen LogP contribution >= 0.6 is 0 Å². The van der Waals surface area contributed by atoms with E-state index in [9.17, 15) is 9.18 Å². The average Bonchev–Trinajstić information content (AvgIpc) is 3.49. The molecule has 156 valence electrons. The van der Waals surface area contributed by atoms with Crippen LogP contribution in [0.15, 0.2) is 41.3 Å². The summed E-state index contributed by atoms with van der Waals surface area (Å²) in [7, 11) is 1.60. The quantitative estimate of drug-likeness (QED) is 0.646. The number of nitrogens with zero attached hydrogens (tertiary/aromatic N) is 4. The summed E-state index contributed by atoms with van der Waals surface area (Å²) in [6, 6.07) is 8.73. The largest absolute Gasteiger partial charge is 0.476 e. The lowest BCUT2D eigenvalue weighted by molar-refractivity contribution is 0.278. The minimum absolute atomic E-state index is 0.222. The van der Waals surface area contributed by atoms with Crippen LogP contribution in [0.4, 0.5) is 10.1 Å². The molecule has 1 saturated carbocycles. The van der Waals surface area contributed by atoms with Gasteiger partial charge in [0.1, 0.15) is 11.5 Å². The molecule has 8 heteroatoms. The van der Waals surface area contributed by atoms with E-state index >= 15 is 0 Å². The van der Waals surface area contributed by atoms with Crippen molar-refractivity contribution < 1.29 is 9.13 Å². The van der Waals surface area contributed by atoms with E-state index in [4.69, 9.17) is 4.74 Å². The van der Waals surface area contributed by atoms with Gasteiger partial charge in [0.25, 0.3) is 5.56 Å². The Hall–Kier alpha value is -3.29. The van der Waals surface area contributed by atoms with Crippen molar-refractivity contribution in [2.45, 2.75) is 32.7 Å². The Kier molecular flexibility index (Phi) is 5.48. The molecule has 0 radical (unpaired) electrons. The van der Waals surface area contributed by atoms with Gasteiger partial charge < -0.3 is 10.1 Å². The fourth-order valence-electron chi connectivity index (χ4n) is 3.46. The van der Waals surface area contributed by atoms with Crippen molar-refractivity contribution >= 4 is 5.69 Å². The van der Waals surface area contributed by atoms with Crippen molar-refractivity contribution in [1.29, 1.82) is 0 Å². The number of halogens is 1. The summed E-state index contributed by atoms with van der Waals surface area (Å²) in [5, 5.41) is 7.37. The van der Waals surface area contributed by atoms with E-state index in [-0.39, 0.29) is 17.3 Å². The normalized spacial score (nSPS) is 17.6. The highest BCUT2D eigenvalue weighted by Crippen LogP contribution is 2.46. The zero-order valence-corrected chi connectivity index (χ0v) is 17.2. The molecule has 30 heavy (non-hydrogen) atoms. The predicted molar refractivity (Wildman–Crippen MR) is 111 cm³/mol. The van der Waals surface area contributed by atoms with Crippen LogP contribution in [-0.2, 0) is 13.6 Å². The van der Waals surface area contributed by atoms with Gasteiger partial charge in [-0.15, -0.1) is 5.10 Å². The lowest BCUT2D eigenvalue weighted by Crippen LogP contribution is -2.24. The van der Waals surface area contributed by atoms with Gasteiger partial charge in [-0.3, -0.25) is 14.8 Å². The molecule has 0 aliphatic heterocycles. The molecule has 3 heterocycles. The van der Waals surface area contributed by atoms with Gasteiger partial charge in [-0.1, -0.05) is 6.07 Å². The van der Waals surface area contributed by atoms with Gasteiger partial charge >= 0.3 is 0 Å². The molecule has 4 rings (SSSR count). The van der Waals surface area contributed by atoms with Gasteiger partial charge in [0.05, 0.1) is 12.8 Å². The molecule has 3 aromatic heterocycles. The van der Waals surface area contributed by atoms with Crippen molar-refractivity contribution in [2.75, 3.05) is 11.9 Å². The third-order valence-corrected chi connectivity index (χ3v) is 5.34. The first-order valence-corrected chi connectivity index (χ1v) is 9.90. The molecule has 3 aromatic rings. The van der Waals surface area contributed by atoms with Gasteiger partial charge in [-0.25, -0.2) is 9.07 Å². The second kappa shape index (κ2) is 8.22. The summed E-state index contributed by atoms with van der Waals surface area (Å²) in [4.78, 5) is 21.0. The molecule has 2 unspecified atom stereocenters. The highest BCUT2D eigenvalue weighted by atomic mass is 19.1. The first-order chi connectivity index (χ1) is 14.4. The minimum atomic E-state index is -0.335. The zero-order valence-electron chi connectivity index (χ0n) is 17.2. The van der Waals surface area contributed by atoms with Crippen LogP contribution in [0.1, 0.15) is 35.0 Å². The Balaban J connectivity index is 1.39. The molecule has 2 atom stereocenters. The maximum absolute atomic E-state index is 13.0. The van der Waals surface area contributed by atoms with Crippen molar-refractivity contribution in [2.24, 2.45) is 13.0 Å².